The minimum atomic E-state index is 0.0574. The Balaban J connectivity index is 2.38. The molecular weight excluding hydrogens is 222 g/mol. The van der Waals surface area contributed by atoms with Crippen LogP contribution in [-0.4, -0.2) is 21.0 Å². The first-order chi connectivity index (χ1) is 7.66. The summed E-state index contributed by atoms with van der Waals surface area (Å²) in [5.74, 6) is 0.0574. The van der Waals surface area contributed by atoms with E-state index in [0.717, 1.165) is 10.5 Å². The number of aryl methyl sites for hydroxylation is 1. The smallest absolute Gasteiger partial charge is 0.188 e. The minimum absolute atomic E-state index is 0.0574. The summed E-state index contributed by atoms with van der Waals surface area (Å²) in [4.78, 5) is 4.93. The van der Waals surface area contributed by atoms with E-state index in [9.17, 15) is 0 Å². The zero-order chi connectivity index (χ0) is 11.5. The lowest BCUT2D eigenvalue weighted by atomic mass is 10.1. The third-order valence-corrected chi connectivity index (χ3v) is 2.97. The predicted molar refractivity (Wildman–Crippen MR) is 62.7 cm³/mol. The van der Waals surface area contributed by atoms with Crippen LogP contribution in [0, 0.1) is 12.3 Å². The molecule has 6 heteroatoms. The van der Waals surface area contributed by atoms with E-state index in [1.54, 1.807) is 0 Å². The molecule has 82 valence electrons. The van der Waals surface area contributed by atoms with Crippen molar-refractivity contribution in [1.29, 1.82) is 5.41 Å². The number of H-pyrrole nitrogens is 1. The van der Waals surface area contributed by atoms with Gasteiger partial charge in [-0.25, -0.2) is 4.98 Å². The zero-order valence-corrected chi connectivity index (χ0v) is 9.51. The molecular formula is C10H11N5S. The predicted octanol–water partition coefficient (Wildman–Crippen LogP) is 1.55. The van der Waals surface area contributed by atoms with Crippen LogP contribution < -0.4 is 5.73 Å². The SMILES string of the molecule is Cc1ccc(C(=N)N)c(Sc2ncn[nH]2)c1. The highest BCUT2D eigenvalue weighted by Crippen LogP contribution is 2.28. The molecule has 0 fully saturated rings. The first-order valence-corrected chi connectivity index (χ1v) is 5.47. The Morgan fingerprint density at radius 3 is 2.94 bits per heavy atom. The quantitative estimate of drug-likeness (QED) is 0.554. The van der Waals surface area contributed by atoms with Crippen molar-refractivity contribution in [1.82, 2.24) is 15.2 Å². The Hall–Kier alpha value is -1.82. The molecule has 0 aliphatic rings. The van der Waals surface area contributed by atoms with E-state index in [1.807, 2.05) is 25.1 Å². The Labute approximate surface area is 97.0 Å². The van der Waals surface area contributed by atoms with Gasteiger partial charge in [0, 0.05) is 10.5 Å². The van der Waals surface area contributed by atoms with Crippen molar-refractivity contribution in [2.75, 3.05) is 0 Å². The average Bonchev–Trinajstić information content (AvgIpc) is 2.70. The largest absolute Gasteiger partial charge is 0.384 e. The summed E-state index contributed by atoms with van der Waals surface area (Å²) in [6.07, 6.45) is 1.45. The van der Waals surface area contributed by atoms with Gasteiger partial charge in [-0.05, 0) is 36.4 Å². The van der Waals surface area contributed by atoms with E-state index in [2.05, 4.69) is 15.2 Å². The van der Waals surface area contributed by atoms with Crippen LogP contribution in [0.25, 0.3) is 0 Å². The lowest BCUT2D eigenvalue weighted by Crippen LogP contribution is -2.12. The number of benzene rings is 1. The molecule has 0 saturated carbocycles. The summed E-state index contributed by atoms with van der Waals surface area (Å²) in [6.45, 7) is 1.99. The molecule has 0 saturated heterocycles. The standard InChI is InChI=1S/C10H11N5S/c1-6-2-3-7(9(11)12)8(4-6)16-10-13-5-14-15-10/h2-5H,1H3,(H3,11,12)(H,13,14,15). The van der Waals surface area contributed by atoms with Crippen LogP contribution in [0.15, 0.2) is 34.6 Å². The molecule has 1 aromatic heterocycles. The second-order valence-electron chi connectivity index (χ2n) is 3.31. The van der Waals surface area contributed by atoms with E-state index in [0.29, 0.717) is 10.7 Å². The zero-order valence-electron chi connectivity index (χ0n) is 8.69. The number of amidine groups is 1. The van der Waals surface area contributed by atoms with Gasteiger partial charge in [0.15, 0.2) is 5.16 Å². The monoisotopic (exact) mass is 233 g/mol. The Bertz CT molecular complexity index is 506. The van der Waals surface area contributed by atoms with Gasteiger partial charge in [0.2, 0.25) is 0 Å². The maximum atomic E-state index is 7.49. The van der Waals surface area contributed by atoms with Crippen molar-refractivity contribution in [2.45, 2.75) is 17.0 Å². The van der Waals surface area contributed by atoms with Crippen LogP contribution in [0.2, 0.25) is 0 Å². The van der Waals surface area contributed by atoms with Gasteiger partial charge in [-0.1, -0.05) is 6.07 Å². The van der Waals surface area contributed by atoms with Crippen molar-refractivity contribution in [2.24, 2.45) is 5.73 Å². The molecule has 0 unspecified atom stereocenters. The second kappa shape index (κ2) is 4.36. The molecule has 5 nitrogen and oxygen atoms in total. The number of aromatic amines is 1. The fourth-order valence-corrected chi connectivity index (χ4v) is 2.22. The highest BCUT2D eigenvalue weighted by atomic mass is 32.2. The summed E-state index contributed by atoms with van der Waals surface area (Å²) < 4.78 is 0. The molecule has 1 aromatic carbocycles. The van der Waals surface area contributed by atoms with Crippen LogP contribution in [0.3, 0.4) is 0 Å². The molecule has 4 N–H and O–H groups in total. The van der Waals surface area contributed by atoms with E-state index >= 15 is 0 Å². The van der Waals surface area contributed by atoms with E-state index in [4.69, 9.17) is 11.1 Å². The van der Waals surface area contributed by atoms with Crippen molar-refractivity contribution >= 4 is 17.6 Å². The Morgan fingerprint density at radius 1 is 1.50 bits per heavy atom. The van der Waals surface area contributed by atoms with Gasteiger partial charge in [0.05, 0.1) is 0 Å². The number of nitrogens with zero attached hydrogens (tertiary/aromatic N) is 2. The van der Waals surface area contributed by atoms with E-state index < -0.39 is 0 Å². The molecule has 1 heterocycles. The molecule has 2 rings (SSSR count). The fourth-order valence-electron chi connectivity index (χ4n) is 1.28. The van der Waals surface area contributed by atoms with Crippen LogP contribution in [0.1, 0.15) is 11.1 Å². The number of hydrogen-bond acceptors (Lipinski definition) is 4. The Morgan fingerprint density at radius 2 is 2.31 bits per heavy atom. The fraction of sp³-hybridized carbons (Fsp3) is 0.100. The molecule has 2 aromatic rings. The van der Waals surface area contributed by atoms with Crippen molar-refractivity contribution < 1.29 is 0 Å². The van der Waals surface area contributed by atoms with Crippen molar-refractivity contribution in [3.63, 3.8) is 0 Å². The van der Waals surface area contributed by atoms with Gasteiger partial charge in [-0.15, -0.1) is 0 Å². The lowest BCUT2D eigenvalue weighted by Gasteiger charge is -2.06. The molecule has 0 spiro atoms. The van der Waals surface area contributed by atoms with E-state index in [-0.39, 0.29) is 5.84 Å². The summed E-state index contributed by atoms with van der Waals surface area (Å²) in [5.41, 5.74) is 7.35. The average molecular weight is 233 g/mol. The number of rotatable bonds is 3. The van der Waals surface area contributed by atoms with Gasteiger partial charge < -0.3 is 5.73 Å². The van der Waals surface area contributed by atoms with Gasteiger partial charge in [-0.3, -0.25) is 10.5 Å². The van der Waals surface area contributed by atoms with E-state index in [1.165, 1.54) is 18.1 Å². The maximum Gasteiger partial charge on any atom is 0.188 e. The highest BCUT2D eigenvalue weighted by Gasteiger charge is 2.08. The first kappa shape index (κ1) is 10.7. The van der Waals surface area contributed by atoms with Crippen LogP contribution in [-0.2, 0) is 0 Å². The molecule has 0 aliphatic carbocycles. The topological polar surface area (TPSA) is 91.4 Å². The third-order valence-electron chi connectivity index (χ3n) is 2.03. The van der Waals surface area contributed by atoms with Gasteiger partial charge in [-0.2, -0.15) is 5.10 Å². The molecule has 0 radical (unpaired) electrons. The molecule has 0 aliphatic heterocycles. The second-order valence-corrected chi connectivity index (χ2v) is 4.34. The number of nitrogens with two attached hydrogens (primary N) is 1. The molecule has 16 heavy (non-hydrogen) atoms. The summed E-state index contributed by atoms with van der Waals surface area (Å²) >= 11 is 1.41. The summed E-state index contributed by atoms with van der Waals surface area (Å²) in [7, 11) is 0. The number of aromatic nitrogens is 3. The van der Waals surface area contributed by atoms with Crippen LogP contribution in [0.5, 0.6) is 0 Å². The molecule has 0 atom stereocenters. The summed E-state index contributed by atoms with van der Waals surface area (Å²) in [6, 6.07) is 5.75. The lowest BCUT2D eigenvalue weighted by molar-refractivity contribution is 0.973. The van der Waals surface area contributed by atoms with Gasteiger partial charge >= 0.3 is 0 Å². The number of hydrogen-bond donors (Lipinski definition) is 3. The number of nitrogens with one attached hydrogen (secondary N) is 2. The van der Waals surface area contributed by atoms with Crippen molar-refractivity contribution in [3.8, 4) is 0 Å². The van der Waals surface area contributed by atoms with Gasteiger partial charge in [0.1, 0.15) is 12.2 Å². The number of nitrogen functional groups attached to an aromatic ring is 1. The molecule has 0 amide bonds. The first-order valence-electron chi connectivity index (χ1n) is 4.65. The highest BCUT2D eigenvalue weighted by molar-refractivity contribution is 7.99. The van der Waals surface area contributed by atoms with Crippen molar-refractivity contribution in [3.05, 3.63) is 35.7 Å². The summed E-state index contributed by atoms with van der Waals surface area (Å²) in [5, 5.41) is 14.7. The normalized spacial score (nSPS) is 10.3. The molecule has 0 bridgehead atoms. The minimum Gasteiger partial charge on any atom is -0.384 e. The maximum absolute atomic E-state index is 7.49. The third kappa shape index (κ3) is 2.22. The Kier molecular flexibility index (Phi) is 2.91. The van der Waals surface area contributed by atoms with Crippen LogP contribution in [0.4, 0.5) is 0 Å². The van der Waals surface area contributed by atoms with Crippen LogP contribution >= 0.6 is 11.8 Å². The van der Waals surface area contributed by atoms with Gasteiger partial charge in [0.25, 0.3) is 0 Å².